The second-order valence-corrected chi connectivity index (χ2v) is 5.90. The van der Waals surface area contributed by atoms with Crippen molar-refractivity contribution in [2.75, 3.05) is 0 Å². The van der Waals surface area contributed by atoms with Crippen molar-refractivity contribution in [1.29, 1.82) is 0 Å². The van der Waals surface area contributed by atoms with Crippen LogP contribution < -0.4 is 0 Å². The highest BCUT2D eigenvalue weighted by molar-refractivity contribution is 4.85. The number of aliphatic hydroxyl groups excluding tert-OH is 1. The molecule has 14 heavy (non-hydrogen) atoms. The molecule has 0 saturated heterocycles. The fourth-order valence-electron chi connectivity index (χ4n) is 3.81. The van der Waals surface area contributed by atoms with Crippen LogP contribution in [0.1, 0.15) is 52.4 Å². The molecule has 0 amide bonds. The summed E-state index contributed by atoms with van der Waals surface area (Å²) in [6.45, 7) is 4.79. The molecule has 0 aromatic carbocycles. The Balaban J connectivity index is 1.90. The van der Waals surface area contributed by atoms with Crippen LogP contribution in [0.4, 0.5) is 0 Å². The first-order valence-electron chi connectivity index (χ1n) is 6.33. The standard InChI is InChI=1S/C13H24O/c1-9-5-10(2)7-12(6-9)11-3-4-13(14)8-11/h9-14H,3-8H2,1-2H3. The molecule has 2 aliphatic carbocycles. The van der Waals surface area contributed by atoms with Gasteiger partial charge in [-0.25, -0.2) is 0 Å². The molecule has 2 fully saturated rings. The zero-order valence-corrected chi connectivity index (χ0v) is 9.58. The molecule has 1 N–H and O–H groups in total. The molecule has 1 nitrogen and oxygen atoms in total. The summed E-state index contributed by atoms with van der Waals surface area (Å²) in [4.78, 5) is 0. The third-order valence-electron chi connectivity index (χ3n) is 4.33. The molecule has 0 heterocycles. The van der Waals surface area contributed by atoms with Crippen molar-refractivity contribution in [2.24, 2.45) is 23.7 Å². The van der Waals surface area contributed by atoms with Crippen LogP contribution >= 0.6 is 0 Å². The molecular weight excluding hydrogens is 172 g/mol. The van der Waals surface area contributed by atoms with Gasteiger partial charge >= 0.3 is 0 Å². The topological polar surface area (TPSA) is 20.2 Å². The van der Waals surface area contributed by atoms with Crippen molar-refractivity contribution in [1.82, 2.24) is 0 Å². The van der Waals surface area contributed by atoms with Gasteiger partial charge in [-0.2, -0.15) is 0 Å². The van der Waals surface area contributed by atoms with Gasteiger partial charge in [0.2, 0.25) is 0 Å². The van der Waals surface area contributed by atoms with Gasteiger partial charge in [0.1, 0.15) is 0 Å². The van der Waals surface area contributed by atoms with E-state index in [-0.39, 0.29) is 6.10 Å². The molecule has 4 atom stereocenters. The van der Waals surface area contributed by atoms with E-state index in [1.165, 1.54) is 25.7 Å². The van der Waals surface area contributed by atoms with Crippen LogP contribution in [0, 0.1) is 23.7 Å². The highest BCUT2D eigenvalue weighted by Gasteiger charge is 2.34. The molecule has 1 heteroatoms. The Morgan fingerprint density at radius 2 is 1.43 bits per heavy atom. The second-order valence-electron chi connectivity index (χ2n) is 5.90. The lowest BCUT2D eigenvalue weighted by Gasteiger charge is -2.35. The van der Waals surface area contributed by atoms with E-state index < -0.39 is 0 Å². The van der Waals surface area contributed by atoms with Crippen LogP contribution in [0.25, 0.3) is 0 Å². The third-order valence-corrected chi connectivity index (χ3v) is 4.33. The van der Waals surface area contributed by atoms with E-state index in [0.717, 1.165) is 36.5 Å². The fourth-order valence-corrected chi connectivity index (χ4v) is 3.81. The van der Waals surface area contributed by atoms with Crippen LogP contribution in [-0.2, 0) is 0 Å². The molecule has 2 rings (SSSR count). The summed E-state index contributed by atoms with van der Waals surface area (Å²) in [5, 5.41) is 9.56. The fraction of sp³-hybridized carbons (Fsp3) is 1.00. The Hall–Kier alpha value is -0.0400. The largest absolute Gasteiger partial charge is 0.393 e. The minimum Gasteiger partial charge on any atom is -0.393 e. The predicted molar refractivity (Wildman–Crippen MR) is 59.0 cm³/mol. The van der Waals surface area contributed by atoms with Crippen molar-refractivity contribution in [3.63, 3.8) is 0 Å². The number of aliphatic hydroxyl groups is 1. The number of hydrogen-bond donors (Lipinski definition) is 1. The van der Waals surface area contributed by atoms with Gasteiger partial charge in [-0.05, 0) is 62.2 Å². The predicted octanol–water partition coefficient (Wildman–Crippen LogP) is 3.22. The van der Waals surface area contributed by atoms with E-state index in [4.69, 9.17) is 0 Å². The number of hydrogen-bond acceptors (Lipinski definition) is 1. The summed E-state index contributed by atoms with van der Waals surface area (Å²) in [6, 6.07) is 0. The van der Waals surface area contributed by atoms with Crippen LogP contribution in [0.2, 0.25) is 0 Å². The Bertz CT molecular complexity index is 180. The molecule has 0 aromatic rings. The maximum Gasteiger partial charge on any atom is 0.0543 e. The average molecular weight is 196 g/mol. The maximum atomic E-state index is 9.56. The van der Waals surface area contributed by atoms with Crippen LogP contribution in [0.15, 0.2) is 0 Å². The smallest absolute Gasteiger partial charge is 0.0543 e. The Morgan fingerprint density at radius 1 is 0.786 bits per heavy atom. The molecule has 82 valence electrons. The van der Waals surface area contributed by atoms with Crippen LogP contribution in [0.5, 0.6) is 0 Å². The molecule has 0 spiro atoms. The quantitative estimate of drug-likeness (QED) is 0.682. The van der Waals surface area contributed by atoms with E-state index in [1.807, 2.05) is 0 Å². The minimum absolute atomic E-state index is 0.0209. The Labute approximate surface area is 87.9 Å². The van der Waals surface area contributed by atoms with Gasteiger partial charge in [0.05, 0.1) is 6.10 Å². The zero-order chi connectivity index (χ0) is 10.1. The van der Waals surface area contributed by atoms with Gasteiger partial charge in [-0.15, -0.1) is 0 Å². The maximum absolute atomic E-state index is 9.56. The first kappa shape index (κ1) is 10.5. The van der Waals surface area contributed by atoms with Gasteiger partial charge < -0.3 is 5.11 Å². The zero-order valence-electron chi connectivity index (χ0n) is 9.58. The lowest BCUT2D eigenvalue weighted by Crippen LogP contribution is -2.25. The van der Waals surface area contributed by atoms with Gasteiger partial charge in [-0.3, -0.25) is 0 Å². The molecule has 2 aliphatic rings. The van der Waals surface area contributed by atoms with Gasteiger partial charge in [-0.1, -0.05) is 13.8 Å². The molecule has 4 unspecified atom stereocenters. The van der Waals surface area contributed by atoms with Gasteiger partial charge in [0.15, 0.2) is 0 Å². The van der Waals surface area contributed by atoms with Gasteiger partial charge in [0, 0.05) is 0 Å². The lowest BCUT2D eigenvalue weighted by atomic mass is 9.71. The van der Waals surface area contributed by atoms with Crippen molar-refractivity contribution in [2.45, 2.75) is 58.5 Å². The van der Waals surface area contributed by atoms with Crippen LogP contribution in [0.3, 0.4) is 0 Å². The highest BCUT2D eigenvalue weighted by Crippen LogP contribution is 2.42. The summed E-state index contributed by atoms with van der Waals surface area (Å²) in [5.74, 6) is 3.60. The summed E-state index contributed by atoms with van der Waals surface area (Å²) in [6.07, 6.45) is 7.71. The molecular formula is C13H24O. The van der Waals surface area contributed by atoms with Gasteiger partial charge in [0.25, 0.3) is 0 Å². The minimum atomic E-state index is 0.0209. The summed E-state index contributed by atoms with van der Waals surface area (Å²) < 4.78 is 0. The molecule has 2 saturated carbocycles. The first-order chi connectivity index (χ1) is 6.65. The molecule has 0 aliphatic heterocycles. The molecule has 0 radical (unpaired) electrons. The third kappa shape index (κ3) is 2.31. The monoisotopic (exact) mass is 196 g/mol. The van der Waals surface area contributed by atoms with E-state index in [1.54, 1.807) is 0 Å². The first-order valence-corrected chi connectivity index (χ1v) is 6.33. The van der Waals surface area contributed by atoms with E-state index >= 15 is 0 Å². The van der Waals surface area contributed by atoms with E-state index in [2.05, 4.69) is 13.8 Å². The van der Waals surface area contributed by atoms with Crippen molar-refractivity contribution < 1.29 is 5.11 Å². The summed E-state index contributed by atoms with van der Waals surface area (Å²) >= 11 is 0. The SMILES string of the molecule is CC1CC(C)CC(C2CCC(O)C2)C1. The average Bonchev–Trinajstić information content (AvgIpc) is 2.50. The normalized spacial score (nSPS) is 49.5. The van der Waals surface area contributed by atoms with E-state index in [0.29, 0.717) is 0 Å². The van der Waals surface area contributed by atoms with E-state index in [9.17, 15) is 5.11 Å². The Kier molecular flexibility index (Phi) is 3.16. The van der Waals surface area contributed by atoms with Crippen molar-refractivity contribution in [3.05, 3.63) is 0 Å². The molecule has 0 bridgehead atoms. The van der Waals surface area contributed by atoms with Crippen LogP contribution in [-0.4, -0.2) is 11.2 Å². The Morgan fingerprint density at radius 3 is 1.93 bits per heavy atom. The second kappa shape index (κ2) is 4.22. The number of rotatable bonds is 1. The van der Waals surface area contributed by atoms with Crippen molar-refractivity contribution in [3.8, 4) is 0 Å². The lowest BCUT2D eigenvalue weighted by molar-refractivity contribution is 0.137. The summed E-state index contributed by atoms with van der Waals surface area (Å²) in [7, 11) is 0. The van der Waals surface area contributed by atoms with Crippen molar-refractivity contribution >= 4 is 0 Å². The highest BCUT2D eigenvalue weighted by atomic mass is 16.3. The molecule has 0 aromatic heterocycles. The summed E-state index contributed by atoms with van der Waals surface area (Å²) in [5.41, 5.74) is 0.